The first kappa shape index (κ1) is 16.7. The number of fused-ring (bicyclic) bond motifs is 1. The van der Waals surface area contributed by atoms with E-state index in [1.807, 2.05) is 72.8 Å². The fraction of sp³-hybridized carbons (Fsp3) is 0.0952. The molecule has 0 saturated heterocycles. The zero-order chi connectivity index (χ0) is 17.9. The summed E-state index contributed by atoms with van der Waals surface area (Å²) in [6, 6.07) is 23.3. The molecule has 5 heteroatoms. The topological polar surface area (TPSA) is 50.4 Å². The van der Waals surface area contributed by atoms with E-state index in [9.17, 15) is 4.79 Å². The molecular weight excluding hydrogens is 392 g/mol. The Labute approximate surface area is 160 Å². The van der Waals surface area contributed by atoms with Crippen molar-refractivity contribution in [2.75, 3.05) is 5.32 Å². The Balaban J connectivity index is 1.62. The molecular formula is C21H17BrN2O2. The summed E-state index contributed by atoms with van der Waals surface area (Å²) >= 11 is 3.51. The molecule has 2 N–H and O–H groups in total. The summed E-state index contributed by atoms with van der Waals surface area (Å²) in [5.41, 5.74) is 3.42. The van der Waals surface area contributed by atoms with Crippen molar-refractivity contribution in [2.45, 2.75) is 12.8 Å². The van der Waals surface area contributed by atoms with E-state index in [1.165, 1.54) is 0 Å². The summed E-state index contributed by atoms with van der Waals surface area (Å²) in [5, 5.41) is 6.38. The summed E-state index contributed by atoms with van der Waals surface area (Å²) < 4.78 is 6.97. The molecule has 4 nitrogen and oxygen atoms in total. The molecule has 1 aliphatic heterocycles. The zero-order valence-electron chi connectivity index (χ0n) is 13.9. The minimum atomic E-state index is -0.360. The van der Waals surface area contributed by atoms with Crippen LogP contribution in [0.3, 0.4) is 0 Å². The normalized spacial score (nSPS) is 15.6. The number of hydrogen-bond acceptors (Lipinski definition) is 3. The highest BCUT2D eigenvalue weighted by Crippen LogP contribution is 2.33. The zero-order valence-corrected chi connectivity index (χ0v) is 15.5. The number of nitrogens with one attached hydrogen (secondary N) is 2. The predicted molar refractivity (Wildman–Crippen MR) is 105 cm³/mol. The van der Waals surface area contributed by atoms with E-state index >= 15 is 0 Å². The van der Waals surface area contributed by atoms with E-state index in [0.29, 0.717) is 12.2 Å². The largest absolute Gasteiger partial charge is 0.488 e. The van der Waals surface area contributed by atoms with Gasteiger partial charge in [0.15, 0.2) is 0 Å². The van der Waals surface area contributed by atoms with Gasteiger partial charge in [0.2, 0.25) is 0 Å². The number of rotatable bonds is 4. The van der Waals surface area contributed by atoms with E-state index in [1.54, 1.807) is 0 Å². The minimum absolute atomic E-state index is 0.0988. The summed E-state index contributed by atoms with van der Waals surface area (Å²) in [6.45, 7) is 0.465. The molecule has 1 heterocycles. The summed E-state index contributed by atoms with van der Waals surface area (Å²) in [5.74, 6) is 0.632. The average molecular weight is 409 g/mol. The smallest absolute Gasteiger partial charge is 0.255 e. The predicted octanol–water partition coefficient (Wildman–Crippen LogP) is 4.88. The lowest BCUT2D eigenvalue weighted by Crippen LogP contribution is -2.38. The second kappa shape index (κ2) is 7.22. The monoisotopic (exact) mass is 408 g/mol. The van der Waals surface area contributed by atoms with Crippen molar-refractivity contribution in [2.24, 2.45) is 0 Å². The molecule has 0 bridgehead atoms. The van der Waals surface area contributed by atoms with E-state index in [0.717, 1.165) is 27.0 Å². The quantitative estimate of drug-likeness (QED) is 0.646. The van der Waals surface area contributed by atoms with Crippen LogP contribution in [0.4, 0.5) is 5.69 Å². The molecule has 0 aromatic heterocycles. The molecule has 0 radical (unpaired) electrons. The van der Waals surface area contributed by atoms with E-state index < -0.39 is 0 Å². The Morgan fingerprint density at radius 1 is 0.923 bits per heavy atom. The van der Waals surface area contributed by atoms with Gasteiger partial charge in [0.1, 0.15) is 18.5 Å². The van der Waals surface area contributed by atoms with Crippen molar-refractivity contribution < 1.29 is 9.53 Å². The van der Waals surface area contributed by atoms with Gasteiger partial charge in [-0.1, -0.05) is 58.4 Å². The molecule has 0 spiro atoms. The third-order valence-corrected chi connectivity index (χ3v) is 4.76. The molecule has 1 aliphatic rings. The van der Waals surface area contributed by atoms with Crippen LogP contribution in [0.15, 0.2) is 77.3 Å². The van der Waals surface area contributed by atoms with Crippen LogP contribution in [0.2, 0.25) is 0 Å². The van der Waals surface area contributed by atoms with Gasteiger partial charge in [-0.15, -0.1) is 0 Å². The number of ether oxygens (including phenoxy) is 1. The van der Waals surface area contributed by atoms with Crippen molar-refractivity contribution in [3.05, 3.63) is 94.0 Å². The van der Waals surface area contributed by atoms with Crippen LogP contribution in [0.1, 0.15) is 27.7 Å². The summed E-state index contributed by atoms with van der Waals surface area (Å²) in [4.78, 5) is 12.4. The fourth-order valence-electron chi connectivity index (χ4n) is 2.97. The SMILES string of the molecule is O=C1N[C@H](c2cc(Br)ccc2OCc2ccccc2)Nc2ccccc21. The van der Waals surface area contributed by atoms with Crippen molar-refractivity contribution in [3.8, 4) is 5.75 Å². The van der Waals surface area contributed by atoms with Gasteiger partial charge in [0.25, 0.3) is 5.91 Å². The van der Waals surface area contributed by atoms with Crippen molar-refractivity contribution >= 4 is 27.5 Å². The number of carbonyl (C=O) groups excluding carboxylic acids is 1. The highest BCUT2D eigenvalue weighted by atomic mass is 79.9. The number of para-hydroxylation sites is 1. The molecule has 130 valence electrons. The molecule has 4 rings (SSSR count). The summed E-state index contributed by atoms with van der Waals surface area (Å²) in [7, 11) is 0. The highest BCUT2D eigenvalue weighted by molar-refractivity contribution is 9.10. The molecule has 3 aromatic rings. The van der Waals surface area contributed by atoms with Crippen LogP contribution >= 0.6 is 15.9 Å². The Morgan fingerprint density at radius 3 is 2.54 bits per heavy atom. The number of benzene rings is 3. The Bertz CT molecular complexity index is 944. The van der Waals surface area contributed by atoms with Gasteiger partial charge in [0, 0.05) is 15.7 Å². The van der Waals surface area contributed by atoms with Crippen molar-refractivity contribution in [1.29, 1.82) is 0 Å². The van der Waals surface area contributed by atoms with Crippen LogP contribution in [0, 0.1) is 0 Å². The third-order valence-electron chi connectivity index (χ3n) is 4.27. The van der Waals surface area contributed by atoms with Crippen molar-refractivity contribution in [1.82, 2.24) is 5.32 Å². The van der Waals surface area contributed by atoms with Crippen LogP contribution in [0.25, 0.3) is 0 Å². The van der Waals surface area contributed by atoms with Crippen LogP contribution in [-0.2, 0) is 6.61 Å². The molecule has 0 saturated carbocycles. The molecule has 3 aromatic carbocycles. The Morgan fingerprint density at radius 2 is 1.69 bits per heavy atom. The Kier molecular flexibility index (Phi) is 4.63. The first-order valence-electron chi connectivity index (χ1n) is 8.33. The Hall–Kier alpha value is -2.79. The van der Waals surface area contributed by atoms with Gasteiger partial charge >= 0.3 is 0 Å². The first-order valence-corrected chi connectivity index (χ1v) is 9.12. The van der Waals surface area contributed by atoms with Crippen LogP contribution in [0.5, 0.6) is 5.75 Å². The lowest BCUT2D eigenvalue weighted by Gasteiger charge is -2.29. The van der Waals surface area contributed by atoms with E-state index in [4.69, 9.17) is 4.74 Å². The molecule has 0 fully saturated rings. The van der Waals surface area contributed by atoms with Crippen LogP contribution < -0.4 is 15.4 Å². The van der Waals surface area contributed by atoms with Gasteiger partial charge in [-0.25, -0.2) is 0 Å². The lowest BCUT2D eigenvalue weighted by molar-refractivity contribution is 0.0935. The average Bonchev–Trinajstić information content (AvgIpc) is 2.68. The third kappa shape index (κ3) is 3.44. The maximum Gasteiger partial charge on any atom is 0.255 e. The van der Waals surface area contributed by atoms with Gasteiger partial charge in [-0.3, -0.25) is 4.79 Å². The second-order valence-corrected chi connectivity index (χ2v) is 6.97. The number of carbonyl (C=O) groups is 1. The van der Waals surface area contributed by atoms with E-state index in [2.05, 4.69) is 26.6 Å². The van der Waals surface area contributed by atoms with Crippen LogP contribution in [-0.4, -0.2) is 5.91 Å². The highest BCUT2D eigenvalue weighted by Gasteiger charge is 2.26. The fourth-order valence-corrected chi connectivity index (χ4v) is 3.35. The molecule has 26 heavy (non-hydrogen) atoms. The van der Waals surface area contributed by atoms with Gasteiger partial charge in [-0.2, -0.15) is 0 Å². The molecule has 0 unspecified atom stereocenters. The standard InChI is InChI=1S/C21H17BrN2O2/c22-15-10-11-19(26-13-14-6-2-1-3-7-14)17(12-15)20-23-18-9-5-4-8-16(18)21(25)24-20/h1-12,20,23H,13H2,(H,24,25)/t20-/m1/s1. The number of halogens is 1. The van der Waals surface area contributed by atoms with Gasteiger partial charge < -0.3 is 15.4 Å². The first-order chi connectivity index (χ1) is 12.7. The maximum absolute atomic E-state index is 12.4. The molecule has 1 atom stereocenters. The van der Waals surface area contributed by atoms with Crippen molar-refractivity contribution in [3.63, 3.8) is 0 Å². The second-order valence-electron chi connectivity index (χ2n) is 6.05. The molecule has 0 aliphatic carbocycles. The van der Waals surface area contributed by atoms with E-state index in [-0.39, 0.29) is 12.1 Å². The number of anilines is 1. The van der Waals surface area contributed by atoms with Gasteiger partial charge in [0.05, 0.1) is 5.56 Å². The molecule has 1 amide bonds. The minimum Gasteiger partial charge on any atom is -0.488 e. The number of amides is 1. The lowest BCUT2D eigenvalue weighted by atomic mass is 10.1. The number of hydrogen-bond donors (Lipinski definition) is 2. The maximum atomic E-state index is 12.4. The van der Waals surface area contributed by atoms with Gasteiger partial charge in [-0.05, 0) is 35.9 Å². The summed E-state index contributed by atoms with van der Waals surface area (Å²) in [6.07, 6.45) is -0.360.